The Morgan fingerprint density at radius 1 is 1.21 bits per heavy atom. The maximum absolute atomic E-state index is 13.3. The van der Waals surface area contributed by atoms with Gasteiger partial charge in [-0.3, -0.25) is 0 Å². The highest BCUT2D eigenvalue weighted by molar-refractivity contribution is 5.21. The molecule has 0 bridgehead atoms. The zero-order chi connectivity index (χ0) is 14.3. The summed E-state index contributed by atoms with van der Waals surface area (Å²) in [5, 5.41) is 0. The normalized spacial score (nSPS) is 30.3. The van der Waals surface area contributed by atoms with Crippen LogP contribution in [0.15, 0.2) is 18.2 Å². The van der Waals surface area contributed by atoms with Gasteiger partial charge in [0.25, 0.3) is 0 Å². The Morgan fingerprint density at radius 2 is 1.89 bits per heavy atom. The van der Waals surface area contributed by atoms with Gasteiger partial charge in [-0.1, -0.05) is 26.8 Å². The maximum atomic E-state index is 13.3. The Bertz CT molecular complexity index is 470. The molecule has 1 aliphatic carbocycles. The van der Waals surface area contributed by atoms with Crippen LogP contribution in [0.4, 0.5) is 8.78 Å². The molecule has 0 heterocycles. The molecular weight excluding hydrogens is 244 g/mol. The van der Waals surface area contributed by atoms with Crippen LogP contribution in [0.25, 0.3) is 0 Å². The molecule has 1 aliphatic rings. The van der Waals surface area contributed by atoms with Crippen LogP contribution in [-0.4, -0.2) is 5.54 Å². The maximum Gasteiger partial charge on any atom is 0.159 e. The van der Waals surface area contributed by atoms with E-state index in [0.717, 1.165) is 18.4 Å². The van der Waals surface area contributed by atoms with Gasteiger partial charge in [0.1, 0.15) is 0 Å². The number of benzene rings is 1. The molecule has 106 valence electrons. The smallest absolute Gasteiger partial charge is 0.159 e. The lowest BCUT2D eigenvalue weighted by molar-refractivity contribution is 0.108. The Labute approximate surface area is 114 Å². The van der Waals surface area contributed by atoms with Gasteiger partial charge in [-0.15, -0.1) is 0 Å². The van der Waals surface area contributed by atoms with Gasteiger partial charge >= 0.3 is 0 Å². The summed E-state index contributed by atoms with van der Waals surface area (Å²) in [4.78, 5) is 0. The minimum absolute atomic E-state index is 0.213. The fraction of sp³-hybridized carbons (Fsp3) is 0.625. The molecule has 1 aromatic rings. The minimum Gasteiger partial charge on any atom is -0.325 e. The van der Waals surface area contributed by atoms with Crippen LogP contribution in [0.3, 0.4) is 0 Å². The fourth-order valence-corrected chi connectivity index (χ4v) is 4.00. The van der Waals surface area contributed by atoms with Crippen molar-refractivity contribution in [1.29, 1.82) is 0 Å². The molecule has 2 rings (SSSR count). The number of rotatable bonds is 2. The van der Waals surface area contributed by atoms with Crippen molar-refractivity contribution in [3.05, 3.63) is 35.4 Å². The SMILES string of the molecule is CC1CC(C)(C)CC(N)(Cc2ccc(F)c(F)c2)C1. The van der Waals surface area contributed by atoms with Crippen LogP contribution in [0.2, 0.25) is 0 Å². The van der Waals surface area contributed by atoms with Crippen molar-refractivity contribution in [1.82, 2.24) is 0 Å². The highest BCUT2D eigenvalue weighted by Gasteiger charge is 2.40. The highest BCUT2D eigenvalue weighted by atomic mass is 19.2. The van der Waals surface area contributed by atoms with Crippen molar-refractivity contribution >= 4 is 0 Å². The Morgan fingerprint density at radius 3 is 2.47 bits per heavy atom. The molecule has 1 aromatic carbocycles. The lowest BCUT2D eigenvalue weighted by Crippen LogP contribution is -2.50. The van der Waals surface area contributed by atoms with E-state index < -0.39 is 11.6 Å². The van der Waals surface area contributed by atoms with Crippen LogP contribution in [0.5, 0.6) is 0 Å². The van der Waals surface area contributed by atoms with Gasteiger partial charge in [-0.2, -0.15) is 0 Å². The van der Waals surface area contributed by atoms with Gasteiger partial charge < -0.3 is 5.73 Å². The van der Waals surface area contributed by atoms with E-state index in [9.17, 15) is 8.78 Å². The molecule has 2 unspecified atom stereocenters. The average molecular weight is 267 g/mol. The summed E-state index contributed by atoms with van der Waals surface area (Å²) >= 11 is 0. The van der Waals surface area contributed by atoms with E-state index in [1.807, 2.05) is 0 Å². The zero-order valence-corrected chi connectivity index (χ0v) is 12.0. The lowest BCUT2D eigenvalue weighted by Gasteiger charge is -2.46. The number of hydrogen-bond acceptors (Lipinski definition) is 1. The summed E-state index contributed by atoms with van der Waals surface area (Å²) in [6, 6.07) is 4.10. The molecule has 3 heteroatoms. The fourth-order valence-electron chi connectivity index (χ4n) is 4.00. The van der Waals surface area contributed by atoms with Crippen LogP contribution in [0.1, 0.15) is 45.6 Å². The second-order valence-corrected chi connectivity index (χ2v) is 7.14. The molecule has 0 aromatic heterocycles. The Balaban J connectivity index is 2.18. The summed E-state index contributed by atoms with van der Waals surface area (Å²) in [6.07, 6.45) is 3.64. The Hall–Kier alpha value is -0.960. The van der Waals surface area contributed by atoms with Crippen LogP contribution in [-0.2, 0) is 6.42 Å². The molecule has 19 heavy (non-hydrogen) atoms. The van der Waals surface area contributed by atoms with Crippen molar-refractivity contribution in [2.45, 2.75) is 52.0 Å². The van der Waals surface area contributed by atoms with Crippen LogP contribution >= 0.6 is 0 Å². The molecule has 0 spiro atoms. The van der Waals surface area contributed by atoms with E-state index in [1.54, 1.807) is 6.07 Å². The number of hydrogen-bond donors (Lipinski definition) is 1. The van der Waals surface area contributed by atoms with Gasteiger partial charge in [-0.05, 0) is 54.7 Å². The summed E-state index contributed by atoms with van der Waals surface area (Å²) < 4.78 is 26.2. The standard InChI is InChI=1S/C16H23F2N/c1-11-7-15(2,3)10-16(19,8-11)9-12-4-5-13(17)14(18)6-12/h4-6,11H,7-10,19H2,1-3H3. The molecule has 0 amide bonds. The Kier molecular flexibility index (Phi) is 3.69. The number of nitrogens with two attached hydrogens (primary N) is 1. The highest BCUT2D eigenvalue weighted by Crippen LogP contribution is 2.43. The second kappa shape index (κ2) is 4.86. The van der Waals surface area contributed by atoms with Gasteiger partial charge in [-0.25, -0.2) is 8.78 Å². The molecular formula is C16H23F2N. The first-order valence-corrected chi connectivity index (χ1v) is 6.92. The van der Waals surface area contributed by atoms with E-state index in [-0.39, 0.29) is 11.0 Å². The molecule has 2 N–H and O–H groups in total. The van der Waals surface area contributed by atoms with Crippen LogP contribution < -0.4 is 5.73 Å². The summed E-state index contributed by atoms with van der Waals surface area (Å²) in [6.45, 7) is 6.68. The van der Waals surface area contributed by atoms with Crippen molar-refractivity contribution in [3.8, 4) is 0 Å². The molecule has 0 aliphatic heterocycles. The average Bonchev–Trinajstić information content (AvgIpc) is 2.19. The van der Waals surface area contributed by atoms with Crippen molar-refractivity contribution in [2.75, 3.05) is 0 Å². The van der Waals surface area contributed by atoms with Gasteiger partial charge in [0.15, 0.2) is 11.6 Å². The lowest BCUT2D eigenvalue weighted by atomic mass is 9.63. The number of halogens is 2. The third-order valence-corrected chi connectivity index (χ3v) is 4.03. The van der Waals surface area contributed by atoms with Crippen LogP contribution in [0, 0.1) is 23.0 Å². The van der Waals surface area contributed by atoms with E-state index in [2.05, 4.69) is 20.8 Å². The second-order valence-electron chi connectivity index (χ2n) is 7.14. The monoisotopic (exact) mass is 267 g/mol. The van der Waals surface area contributed by atoms with E-state index in [4.69, 9.17) is 5.73 Å². The summed E-state index contributed by atoms with van der Waals surface area (Å²) in [5.41, 5.74) is 7.21. The molecule has 1 nitrogen and oxygen atoms in total. The third-order valence-electron chi connectivity index (χ3n) is 4.03. The molecule has 2 atom stereocenters. The first-order chi connectivity index (χ1) is 8.69. The largest absolute Gasteiger partial charge is 0.325 e. The van der Waals surface area contributed by atoms with Crippen molar-refractivity contribution < 1.29 is 8.78 Å². The first kappa shape index (κ1) is 14.4. The first-order valence-electron chi connectivity index (χ1n) is 6.92. The quantitative estimate of drug-likeness (QED) is 0.859. The van der Waals surface area contributed by atoms with Crippen molar-refractivity contribution in [3.63, 3.8) is 0 Å². The summed E-state index contributed by atoms with van der Waals surface area (Å²) in [7, 11) is 0. The molecule has 1 saturated carbocycles. The molecule has 0 radical (unpaired) electrons. The van der Waals surface area contributed by atoms with Crippen molar-refractivity contribution in [2.24, 2.45) is 17.1 Å². The molecule has 0 saturated heterocycles. The molecule has 1 fully saturated rings. The van der Waals surface area contributed by atoms with Gasteiger partial charge in [0.05, 0.1) is 0 Å². The van der Waals surface area contributed by atoms with E-state index >= 15 is 0 Å². The zero-order valence-electron chi connectivity index (χ0n) is 12.0. The summed E-state index contributed by atoms with van der Waals surface area (Å²) in [5.74, 6) is -1.02. The topological polar surface area (TPSA) is 26.0 Å². The van der Waals surface area contributed by atoms with E-state index in [0.29, 0.717) is 12.3 Å². The third kappa shape index (κ3) is 3.53. The van der Waals surface area contributed by atoms with Gasteiger partial charge in [0.2, 0.25) is 0 Å². The predicted molar refractivity (Wildman–Crippen MR) is 73.8 cm³/mol. The predicted octanol–water partition coefficient (Wildman–Crippen LogP) is 4.05. The minimum atomic E-state index is -0.799. The van der Waals surface area contributed by atoms with E-state index in [1.165, 1.54) is 18.6 Å². The van der Waals surface area contributed by atoms with Gasteiger partial charge in [0, 0.05) is 5.54 Å².